The molecule has 8 nitrogen and oxygen atoms in total. The highest BCUT2D eigenvalue weighted by molar-refractivity contribution is 5.78. The first-order valence-electron chi connectivity index (χ1n) is 8.82. The zero-order chi connectivity index (χ0) is 21.7. The second-order valence-corrected chi connectivity index (χ2v) is 6.89. The lowest BCUT2D eigenvalue weighted by Gasteiger charge is -2.24. The van der Waals surface area contributed by atoms with Crippen LogP contribution in [0.3, 0.4) is 0 Å². The van der Waals surface area contributed by atoms with Gasteiger partial charge in [-0.25, -0.2) is 4.79 Å². The first-order chi connectivity index (χ1) is 13.7. The van der Waals surface area contributed by atoms with Gasteiger partial charge in [0, 0.05) is 6.20 Å². The summed E-state index contributed by atoms with van der Waals surface area (Å²) in [7, 11) is 0. The number of amides is 1. The summed E-state index contributed by atoms with van der Waals surface area (Å²) >= 11 is 0. The topological polar surface area (TPSA) is 103 Å². The van der Waals surface area contributed by atoms with Gasteiger partial charge in [-0.15, -0.1) is 0 Å². The van der Waals surface area contributed by atoms with Crippen LogP contribution in [0.2, 0.25) is 0 Å². The molecule has 154 valence electrons. The standard InChI is InChI=1S/C20H24N2O4.CO2/c1-20(2,3)26-18(23)14-22(13-17-11-7-8-12-21-17)19(24)25-15-16-9-5-4-6-10-16;2-1-3/h4-12H,13-15H2,1-3H3;. The smallest absolute Gasteiger partial charge is 0.410 e. The molecule has 0 atom stereocenters. The Morgan fingerprint density at radius 1 is 1.03 bits per heavy atom. The van der Waals surface area contributed by atoms with E-state index in [0.29, 0.717) is 5.69 Å². The molecule has 1 aromatic carbocycles. The van der Waals surface area contributed by atoms with Gasteiger partial charge < -0.3 is 9.47 Å². The Balaban J connectivity index is 0.00000132. The zero-order valence-corrected chi connectivity index (χ0v) is 16.7. The van der Waals surface area contributed by atoms with Crippen LogP contribution in [-0.4, -0.2) is 40.2 Å². The van der Waals surface area contributed by atoms with Crippen LogP contribution in [-0.2, 0) is 37.0 Å². The van der Waals surface area contributed by atoms with E-state index < -0.39 is 17.7 Å². The van der Waals surface area contributed by atoms with Gasteiger partial charge in [0.1, 0.15) is 18.8 Å². The summed E-state index contributed by atoms with van der Waals surface area (Å²) < 4.78 is 10.7. The number of pyridine rings is 1. The molecule has 0 fully saturated rings. The predicted molar refractivity (Wildman–Crippen MR) is 102 cm³/mol. The van der Waals surface area contributed by atoms with Crippen molar-refractivity contribution in [3.63, 3.8) is 0 Å². The number of hydrogen-bond donors (Lipinski definition) is 0. The van der Waals surface area contributed by atoms with Crippen molar-refractivity contribution >= 4 is 18.2 Å². The maximum atomic E-state index is 12.5. The summed E-state index contributed by atoms with van der Waals surface area (Å²) in [5, 5.41) is 0. The second kappa shape index (κ2) is 12.0. The van der Waals surface area contributed by atoms with E-state index in [9.17, 15) is 9.59 Å². The lowest BCUT2D eigenvalue weighted by Crippen LogP contribution is -2.38. The van der Waals surface area contributed by atoms with E-state index in [0.717, 1.165) is 5.56 Å². The summed E-state index contributed by atoms with van der Waals surface area (Å²) in [5.41, 5.74) is 0.908. The number of benzene rings is 1. The van der Waals surface area contributed by atoms with Crippen molar-refractivity contribution in [2.75, 3.05) is 6.54 Å². The molecule has 0 saturated carbocycles. The molecular formula is C21H24N2O6. The molecule has 0 radical (unpaired) electrons. The molecule has 1 amide bonds. The van der Waals surface area contributed by atoms with E-state index in [1.165, 1.54) is 4.90 Å². The Labute approximate surface area is 169 Å². The average Bonchev–Trinajstić information content (AvgIpc) is 2.66. The summed E-state index contributed by atoms with van der Waals surface area (Å²) in [5.74, 6) is -0.495. The number of esters is 1. The van der Waals surface area contributed by atoms with Gasteiger partial charge in [0.2, 0.25) is 0 Å². The number of rotatable bonds is 6. The van der Waals surface area contributed by atoms with Crippen molar-refractivity contribution in [2.45, 2.75) is 39.5 Å². The molecule has 0 unspecified atom stereocenters. The fraction of sp³-hybridized carbons (Fsp3) is 0.333. The molecule has 2 rings (SSSR count). The third-order valence-corrected chi connectivity index (χ3v) is 3.28. The molecule has 0 N–H and O–H groups in total. The van der Waals surface area contributed by atoms with Gasteiger partial charge in [0.15, 0.2) is 0 Å². The monoisotopic (exact) mass is 400 g/mol. The molecule has 0 spiro atoms. The van der Waals surface area contributed by atoms with Crippen LogP contribution in [0.4, 0.5) is 4.79 Å². The quantitative estimate of drug-likeness (QED) is 0.687. The summed E-state index contributed by atoms with van der Waals surface area (Å²) in [4.78, 5) is 46.4. The van der Waals surface area contributed by atoms with Gasteiger partial charge in [0.25, 0.3) is 0 Å². The molecule has 1 aromatic heterocycles. The number of carbonyl (C=O) groups excluding carboxylic acids is 4. The molecule has 0 aliphatic carbocycles. The number of nitrogens with zero attached hydrogens (tertiary/aromatic N) is 2. The maximum Gasteiger partial charge on any atom is 0.410 e. The van der Waals surface area contributed by atoms with Gasteiger partial charge >= 0.3 is 18.2 Å². The minimum atomic E-state index is -0.623. The van der Waals surface area contributed by atoms with E-state index in [-0.39, 0.29) is 25.8 Å². The van der Waals surface area contributed by atoms with E-state index in [1.807, 2.05) is 36.4 Å². The van der Waals surface area contributed by atoms with Crippen LogP contribution < -0.4 is 0 Å². The van der Waals surface area contributed by atoms with E-state index in [2.05, 4.69) is 4.98 Å². The second-order valence-electron chi connectivity index (χ2n) is 6.89. The first-order valence-corrected chi connectivity index (χ1v) is 8.82. The first kappa shape index (κ1) is 23.5. The molecule has 29 heavy (non-hydrogen) atoms. The Morgan fingerprint density at radius 3 is 2.21 bits per heavy atom. The Kier molecular flexibility index (Phi) is 9.78. The van der Waals surface area contributed by atoms with Crippen LogP contribution in [0.15, 0.2) is 54.7 Å². The molecule has 0 aliphatic heterocycles. The SMILES string of the molecule is CC(C)(C)OC(=O)CN(Cc1ccccn1)C(=O)OCc1ccccc1.O=C=O. The fourth-order valence-corrected chi connectivity index (χ4v) is 2.21. The number of ether oxygens (including phenoxy) is 2. The number of carbonyl (C=O) groups is 2. The van der Waals surface area contributed by atoms with Crippen LogP contribution in [0.5, 0.6) is 0 Å². The van der Waals surface area contributed by atoms with E-state index in [1.54, 1.807) is 39.1 Å². The minimum Gasteiger partial charge on any atom is -0.459 e. The van der Waals surface area contributed by atoms with Crippen LogP contribution in [0.25, 0.3) is 0 Å². The Hall–Kier alpha value is -3.51. The number of hydrogen-bond acceptors (Lipinski definition) is 7. The molecule has 1 heterocycles. The van der Waals surface area contributed by atoms with Crippen LogP contribution >= 0.6 is 0 Å². The van der Waals surface area contributed by atoms with Crippen molar-refractivity contribution in [3.05, 3.63) is 66.0 Å². The van der Waals surface area contributed by atoms with Gasteiger partial charge in [-0.2, -0.15) is 9.59 Å². The lowest BCUT2D eigenvalue weighted by molar-refractivity contribution is -0.191. The summed E-state index contributed by atoms with van der Waals surface area (Å²) in [6, 6.07) is 14.8. The van der Waals surface area contributed by atoms with Crippen LogP contribution in [0.1, 0.15) is 32.0 Å². The van der Waals surface area contributed by atoms with E-state index >= 15 is 0 Å². The minimum absolute atomic E-state index is 0.132. The Bertz CT molecular complexity index is 797. The van der Waals surface area contributed by atoms with Gasteiger partial charge in [-0.05, 0) is 38.5 Å². The normalized spacial score (nSPS) is 10.0. The average molecular weight is 400 g/mol. The molecule has 2 aromatic rings. The fourth-order valence-electron chi connectivity index (χ4n) is 2.21. The van der Waals surface area contributed by atoms with Crippen molar-refractivity contribution in [1.29, 1.82) is 0 Å². The van der Waals surface area contributed by atoms with Crippen LogP contribution in [0, 0.1) is 0 Å². The van der Waals surface area contributed by atoms with Crippen molar-refractivity contribution in [3.8, 4) is 0 Å². The largest absolute Gasteiger partial charge is 0.459 e. The molecular weight excluding hydrogens is 376 g/mol. The van der Waals surface area contributed by atoms with Gasteiger partial charge in [-0.3, -0.25) is 14.7 Å². The lowest BCUT2D eigenvalue weighted by atomic mass is 10.2. The maximum absolute atomic E-state index is 12.5. The third-order valence-electron chi connectivity index (χ3n) is 3.28. The van der Waals surface area contributed by atoms with Gasteiger partial charge in [-0.1, -0.05) is 36.4 Å². The third kappa shape index (κ3) is 10.4. The molecule has 0 saturated heterocycles. The van der Waals surface area contributed by atoms with E-state index in [4.69, 9.17) is 19.1 Å². The van der Waals surface area contributed by atoms with Crippen molar-refractivity contribution in [1.82, 2.24) is 9.88 Å². The highest BCUT2D eigenvalue weighted by Gasteiger charge is 2.23. The summed E-state index contributed by atoms with van der Waals surface area (Å²) in [6.45, 7) is 5.42. The number of aromatic nitrogens is 1. The summed E-state index contributed by atoms with van der Waals surface area (Å²) in [6.07, 6.45) is 1.29. The predicted octanol–water partition coefficient (Wildman–Crippen LogP) is 2.98. The molecule has 0 bridgehead atoms. The Morgan fingerprint density at radius 2 is 1.66 bits per heavy atom. The molecule has 0 aliphatic rings. The van der Waals surface area contributed by atoms with Crippen molar-refractivity contribution in [2.24, 2.45) is 0 Å². The van der Waals surface area contributed by atoms with Gasteiger partial charge in [0.05, 0.1) is 12.2 Å². The van der Waals surface area contributed by atoms with Crippen molar-refractivity contribution < 1.29 is 28.7 Å². The highest BCUT2D eigenvalue weighted by Crippen LogP contribution is 2.11. The molecule has 8 heteroatoms. The zero-order valence-electron chi connectivity index (χ0n) is 16.7. The highest BCUT2D eigenvalue weighted by atomic mass is 16.6.